The minimum absolute atomic E-state index is 0.114. The highest BCUT2D eigenvalue weighted by Gasteiger charge is 2.26. The lowest BCUT2D eigenvalue weighted by Gasteiger charge is -2.14. The molecule has 0 radical (unpaired) electrons. The Kier molecular flexibility index (Phi) is 3.50. The van der Waals surface area contributed by atoms with Gasteiger partial charge in [-0.15, -0.1) is 0 Å². The number of carbonyl (C=O) groups excluding carboxylic acids is 2. The zero-order valence-corrected chi connectivity index (χ0v) is 10.2. The number of nitrogens with two attached hydrogens (primary N) is 1. The number of benzene rings is 1. The van der Waals surface area contributed by atoms with E-state index in [9.17, 15) is 9.59 Å². The molecule has 96 valence electrons. The Balaban J connectivity index is 1.91. The van der Waals surface area contributed by atoms with Gasteiger partial charge in [0.05, 0.1) is 0 Å². The van der Waals surface area contributed by atoms with Crippen LogP contribution in [0, 0.1) is 0 Å². The third-order valence-electron chi connectivity index (χ3n) is 2.74. The molecule has 18 heavy (non-hydrogen) atoms. The lowest BCUT2D eigenvalue weighted by molar-refractivity contribution is -0.127. The molecule has 1 aromatic carbocycles. The number of carbonyl (C=O) groups is 2. The maximum atomic E-state index is 11.7. The molecular weight excluding hydrogens is 232 g/mol. The Bertz CT molecular complexity index is 452. The zero-order chi connectivity index (χ0) is 13.1. The lowest BCUT2D eigenvalue weighted by atomic mass is 10.2. The maximum Gasteiger partial charge on any atom is 0.260 e. The first-order valence-corrected chi connectivity index (χ1v) is 5.93. The van der Waals surface area contributed by atoms with E-state index in [1.165, 1.54) is 0 Å². The van der Waals surface area contributed by atoms with Crippen LogP contribution in [0.4, 0.5) is 0 Å². The number of hydrogen-bond acceptors (Lipinski definition) is 3. The van der Waals surface area contributed by atoms with Crippen LogP contribution in [0.2, 0.25) is 0 Å². The molecule has 1 saturated carbocycles. The van der Waals surface area contributed by atoms with Gasteiger partial charge in [0.2, 0.25) is 5.91 Å². The number of hydrogen-bond donors (Lipinski definition) is 2. The first-order valence-electron chi connectivity index (χ1n) is 5.93. The third-order valence-corrected chi connectivity index (χ3v) is 2.74. The summed E-state index contributed by atoms with van der Waals surface area (Å²) in [4.78, 5) is 22.6. The van der Waals surface area contributed by atoms with Crippen molar-refractivity contribution >= 4 is 11.8 Å². The van der Waals surface area contributed by atoms with E-state index in [1.807, 2.05) is 0 Å². The highest BCUT2D eigenvalue weighted by atomic mass is 16.5. The molecule has 0 spiro atoms. The number of amides is 2. The molecule has 1 fully saturated rings. The topological polar surface area (TPSA) is 81.4 Å². The van der Waals surface area contributed by atoms with Crippen LogP contribution in [0.25, 0.3) is 0 Å². The molecule has 1 unspecified atom stereocenters. The van der Waals surface area contributed by atoms with Gasteiger partial charge in [0, 0.05) is 11.6 Å². The van der Waals surface area contributed by atoms with Crippen LogP contribution in [0.5, 0.6) is 5.75 Å². The number of ether oxygens (including phenoxy) is 1. The number of rotatable bonds is 5. The summed E-state index contributed by atoms with van der Waals surface area (Å²) in [5.74, 6) is -0.0593. The van der Waals surface area contributed by atoms with E-state index in [0.717, 1.165) is 12.8 Å². The van der Waals surface area contributed by atoms with Gasteiger partial charge in [0.15, 0.2) is 6.10 Å². The van der Waals surface area contributed by atoms with E-state index >= 15 is 0 Å². The van der Waals surface area contributed by atoms with Gasteiger partial charge in [-0.1, -0.05) is 0 Å². The van der Waals surface area contributed by atoms with Crippen molar-refractivity contribution in [2.24, 2.45) is 5.73 Å². The summed E-state index contributed by atoms with van der Waals surface area (Å²) < 4.78 is 5.48. The maximum absolute atomic E-state index is 11.7. The predicted molar refractivity (Wildman–Crippen MR) is 66.2 cm³/mol. The van der Waals surface area contributed by atoms with Crippen molar-refractivity contribution in [1.29, 1.82) is 0 Å². The van der Waals surface area contributed by atoms with Gasteiger partial charge in [-0.3, -0.25) is 9.59 Å². The molecule has 1 aliphatic rings. The molecule has 5 heteroatoms. The minimum atomic E-state index is -0.551. The molecule has 1 aromatic rings. The summed E-state index contributed by atoms with van der Waals surface area (Å²) in [6.07, 6.45) is 1.54. The molecular formula is C13H16N2O3. The Morgan fingerprint density at radius 3 is 2.44 bits per heavy atom. The van der Waals surface area contributed by atoms with E-state index in [-0.39, 0.29) is 5.91 Å². The monoisotopic (exact) mass is 248 g/mol. The summed E-state index contributed by atoms with van der Waals surface area (Å²) in [5, 5.41) is 2.87. The standard InChI is InChI=1S/C13H16N2O3/c1-8(13(17)15-10-4-5-10)18-11-6-2-9(3-7-11)12(14)16/h2-3,6-8,10H,4-5H2,1H3,(H2,14,16)(H,15,17). The second-order valence-electron chi connectivity index (χ2n) is 4.43. The van der Waals surface area contributed by atoms with E-state index in [4.69, 9.17) is 10.5 Å². The van der Waals surface area contributed by atoms with Gasteiger partial charge >= 0.3 is 0 Å². The van der Waals surface area contributed by atoms with Gasteiger partial charge in [-0.05, 0) is 44.0 Å². The molecule has 0 aliphatic heterocycles. The van der Waals surface area contributed by atoms with Crippen LogP contribution < -0.4 is 15.8 Å². The van der Waals surface area contributed by atoms with Crippen molar-refractivity contribution in [3.63, 3.8) is 0 Å². The molecule has 1 atom stereocenters. The molecule has 2 rings (SSSR count). The van der Waals surface area contributed by atoms with Gasteiger partial charge < -0.3 is 15.8 Å². The smallest absolute Gasteiger partial charge is 0.260 e. The van der Waals surface area contributed by atoms with Gasteiger partial charge in [-0.2, -0.15) is 0 Å². The van der Waals surface area contributed by atoms with Crippen LogP contribution >= 0.6 is 0 Å². The molecule has 0 saturated heterocycles. The van der Waals surface area contributed by atoms with Crippen molar-refractivity contribution in [2.45, 2.75) is 31.9 Å². The van der Waals surface area contributed by atoms with Crippen molar-refractivity contribution in [3.8, 4) is 5.75 Å². The molecule has 5 nitrogen and oxygen atoms in total. The first kappa shape index (κ1) is 12.4. The van der Waals surface area contributed by atoms with E-state index in [1.54, 1.807) is 31.2 Å². The normalized spacial score (nSPS) is 15.8. The highest BCUT2D eigenvalue weighted by molar-refractivity contribution is 5.92. The molecule has 0 bridgehead atoms. The average molecular weight is 248 g/mol. The van der Waals surface area contributed by atoms with E-state index in [0.29, 0.717) is 17.4 Å². The lowest BCUT2D eigenvalue weighted by Crippen LogP contribution is -2.37. The number of nitrogens with one attached hydrogen (secondary N) is 1. The van der Waals surface area contributed by atoms with Crippen LogP contribution in [0.1, 0.15) is 30.1 Å². The molecule has 1 aliphatic carbocycles. The summed E-state index contributed by atoms with van der Waals surface area (Å²) in [6, 6.07) is 6.72. The van der Waals surface area contributed by atoms with E-state index in [2.05, 4.69) is 5.32 Å². The fourth-order valence-corrected chi connectivity index (χ4v) is 1.50. The van der Waals surface area contributed by atoms with Gasteiger partial charge in [0.25, 0.3) is 5.91 Å². The number of primary amides is 1. The summed E-state index contributed by atoms with van der Waals surface area (Å²) in [6.45, 7) is 1.69. The predicted octanol–water partition coefficient (Wildman–Crippen LogP) is 0.831. The molecule has 3 N–H and O–H groups in total. The van der Waals surface area contributed by atoms with Crippen LogP contribution in [-0.4, -0.2) is 24.0 Å². The second-order valence-corrected chi connectivity index (χ2v) is 4.43. The summed E-state index contributed by atoms with van der Waals surface area (Å²) >= 11 is 0. The largest absolute Gasteiger partial charge is 0.481 e. The summed E-state index contributed by atoms with van der Waals surface area (Å²) in [5.41, 5.74) is 5.55. The highest BCUT2D eigenvalue weighted by Crippen LogP contribution is 2.19. The van der Waals surface area contributed by atoms with Crippen molar-refractivity contribution in [1.82, 2.24) is 5.32 Å². The quantitative estimate of drug-likeness (QED) is 0.809. The SMILES string of the molecule is CC(Oc1ccc(C(N)=O)cc1)C(=O)NC1CC1. The van der Waals surface area contributed by atoms with Crippen molar-refractivity contribution in [3.05, 3.63) is 29.8 Å². The van der Waals surface area contributed by atoms with Crippen LogP contribution in [-0.2, 0) is 4.79 Å². The third kappa shape index (κ3) is 3.23. The van der Waals surface area contributed by atoms with Crippen LogP contribution in [0.15, 0.2) is 24.3 Å². The minimum Gasteiger partial charge on any atom is -0.481 e. The molecule has 0 aromatic heterocycles. The fourth-order valence-electron chi connectivity index (χ4n) is 1.50. The molecule has 2 amide bonds. The molecule has 0 heterocycles. The fraction of sp³-hybridized carbons (Fsp3) is 0.385. The Morgan fingerprint density at radius 2 is 1.94 bits per heavy atom. The second kappa shape index (κ2) is 5.08. The van der Waals surface area contributed by atoms with Gasteiger partial charge in [-0.25, -0.2) is 0 Å². The van der Waals surface area contributed by atoms with Crippen LogP contribution in [0.3, 0.4) is 0 Å². The van der Waals surface area contributed by atoms with Gasteiger partial charge in [0.1, 0.15) is 5.75 Å². The average Bonchev–Trinajstić information content (AvgIpc) is 3.13. The zero-order valence-electron chi connectivity index (χ0n) is 10.2. The Morgan fingerprint density at radius 1 is 1.33 bits per heavy atom. The van der Waals surface area contributed by atoms with Crippen molar-refractivity contribution < 1.29 is 14.3 Å². The van der Waals surface area contributed by atoms with Crippen molar-refractivity contribution in [2.75, 3.05) is 0 Å². The summed E-state index contributed by atoms with van der Waals surface area (Å²) in [7, 11) is 0. The Hall–Kier alpha value is -2.04. The Labute approximate surface area is 105 Å². The van der Waals surface area contributed by atoms with E-state index < -0.39 is 12.0 Å². The first-order chi connectivity index (χ1) is 8.56.